The van der Waals surface area contributed by atoms with Gasteiger partial charge in [0.1, 0.15) is 5.82 Å². The van der Waals surface area contributed by atoms with E-state index in [-0.39, 0.29) is 41.5 Å². The SMILES string of the molecule is CCCC1C[C@@H](C(=O)Nc2cccc(C(F)(F)F)c2)CCN1Cc1noc(-c2ccc(F)c(C(F)(F)F)c2)n1. The van der Waals surface area contributed by atoms with E-state index in [9.17, 15) is 35.5 Å². The van der Waals surface area contributed by atoms with Crippen molar-refractivity contribution in [3.63, 3.8) is 0 Å². The summed E-state index contributed by atoms with van der Waals surface area (Å²) in [4.78, 5) is 19.1. The van der Waals surface area contributed by atoms with Crippen molar-refractivity contribution in [3.05, 3.63) is 65.2 Å². The summed E-state index contributed by atoms with van der Waals surface area (Å²) >= 11 is 0. The van der Waals surface area contributed by atoms with Gasteiger partial charge in [-0.05, 0) is 62.2 Å². The molecule has 1 amide bonds. The maximum Gasteiger partial charge on any atom is 0.419 e. The van der Waals surface area contributed by atoms with E-state index < -0.39 is 35.2 Å². The lowest BCUT2D eigenvalue weighted by Gasteiger charge is -2.38. The van der Waals surface area contributed by atoms with Gasteiger partial charge in [-0.15, -0.1) is 0 Å². The number of piperidine rings is 1. The standard InChI is InChI=1S/C26H25F7N4O2/c1-2-4-19-11-15(23(38)34-18-6-3-5-17(13-18)25(28,29)30)9-10-37(19)14-22-35-24(39-36-22)16-7-8-21(27)20(12-16)26(31,32)33/h3,5-8,12-13,15,19H,2,4,9-11,14H2,1H3,(H,34,38)/t15-,19?/m0/s1. The summed E-state index contributed by atoms with van der Waals surface area (Å²) in [5.41, 5.74) is -2.29. The molecule has 0 radical (unpaired) electrons. The highest BCUT2D eigenvalue weighted by Gasteiger charge is 2.36. The molecule has 4 rings (SSSR count). The summed E-state index contributed by atoms with van der Waals surface area (Å²) < 4.78 is 96.9. The van der Waals surface area contributed by atoms with E-state index in [1.807, 2.05) is 11.8 Å². The molecule has 0 aliphatic carbocycles. The van der Waals surface area contributed by atoms with Crippen LogP contribution in [-0.2, 0) is 23.7 Å². The normalized spacial score (nSPS) is 18.8. The fraction of sp³-hybridized carbons (Fsp3) is 0.423. The quantitative estimate of drug-likeness (QED) is 0.319. The van der Waals surface area contributed by atoms with Crippen LogP contribution in [0.2, 0.25) is 0 Å². The predicted octanol–water partition coefficient (Wildman–Crippen LogP) is 6.93. The van der Waals surface area contributed by atoms with Gasteiger partial charge < -0.3 is 9.84 Å². The number of benzene rings is 2. The van der Waals surface area contributed by atoms with Crippen LogP contribution in [-0.4, -0.2) is 33.5 Å². The van der Waals surface area contributed by atoms with E-state index in [1.54, 1.807) is 0 Å². The van der Waals surface area contributed by atoms with Gasteiger partial charge in [0.15, 0.2) is 5.82 Å². The van der Waals surface area contributed by atoms with Crippen LogP contribution in [0.4, 0.5) is 36.4 Å². The Balaban J connectivity index is 1.42. The van der Waals surface area contributed by atoms with E-state index in [2.05, 4.69) is 15.5 Å². The lowest BCUT2D eigenvalue weighted by Crippen LogP contribution is -2.45. The Kier molecular flexibility index (Phi) is 8.28. The van der Waals surface area contributed by atoms with Crippen molar-refractivity contribution in [2.75, 3.05) is 11.9 Å². The van der Waals surface area contributed by atoms with Gasteiger partial charge in [0.05, 0.1) is 17.7 Å². The van der Waals surface area contributed by atoms with Crippen molar-refractivity contribution in [2.45, 2.75) is 57.5 Å². The van der Waals surface area contributed by atoms with Crippen molar-refractivity contribution in [1.29, 1.82) is 0 Å². The molecular weight excluding hydrogens is 533 g/mol. The Bertz CT molecular complexity index is 1310. The van der Waals surface area contributed by atoms with Crippen LogP contribution in [0.15, 0.2) is 47.0 Å². The zero-order valence-corrected chi connectivity index (χ0v) is 20.7. The zero-order valence-electron chi connectivity index (χ0n) is 20.7. The summed E-state index contributed by atoms with van der Waals surface area (Å²) in [7, 11) is 0. The number of hydrogen-bond acceptors (Lipinski definition) is 5. The minimum Gasteiger partial charge on any atom is -0.334 e. The highest BCUT2D eigenvalue weighted by molar-refractivity contribution is 5.92. The molecule has 1 aliphatic heterocycles. The van der Waals surface area contributed by atoms with Crippen LogP contribution in [0.25, 0.3) is 11.5 Å². The number of nitrogens with one attached hydrogen (secondary N) is 1. The van der Waals surface area contributed by atoms with Crippen LogP contribution < -0.4 is 5.32 Å². The van der Waals surface area contributed by atoms with Crippen molar-refractivity contribution in [3.8, 4) is 11.5 Å². The van der Waals surface area contributed by atoms with Crippen molar-refractivity contribution in [2.24, 2.45) is 5.92 Å². The molecule has 2 aromatic carbocycles. The molecule has 0 spiro atoms. The number of aromatic nitrogens is 2. The van der Waals surface area contributed by atoms with Crippen molar-refractivity contribution in [1.82, 2.24) is 15.0 Å². The van der Waals surface area contributed by atoms with E-state index >= 15 is 0 Å². The number of carbonyl (C=O) groups excluding carboxylic acids is 1. The second-order valence-corrected chi connectivity index (χ2v) is 9.41. The lowest BCUT2D eigenvalue weighted by atomic mass is 9.88. The molecule has 3 aromatic rings. The lowest BCUT2D eigenvalue weighted by molar-refractivity contribution is -0.140. The number of nitrogens with zero attached hydrogens (tertiary/aromatic N) is 3. The van der Waals surface area contributed by atoms with Gasteiger partial charge in [-0.3, -0.25) is 9.69 Å². The second-order valence-electron chi connectivity index (χ2n) is 9.41. The number of carbonyl (C=O) groups is 1. The van der Waals surface area contributed by atoms with E-state index in [4.69, 9.17) is 4.52 Å². The molecule has 1 fully saturated rings. The van der Waals surface area contributed by atoms with Crippen LogP contribution in [0.1, 0.15) is 49.6 Å². The van der Waals surface area contributed by atoms with Gasteiger partial charge in [0, 0.05) is 23.2 Å². The summed E-state index contributed by atoms with van der Waals surface area (Å²) in [6.45, 7) is 2.65. The zero-order chi connectivity index (χ0) is 28.4. The van der Waals surface area contributed by atoms with Gasteiger partial charge >= 0.3 is 12.4 Å². The third-order valence-corrected chi connectivity index (χ3v) is 6.62. The third-order valence-electron chi connectivity index (χ3n) is 6.62. The molecular formula is C26H25F7N4O2. The fourth-order valence-electron chi connectivity index (χ4n) is 4.69. The first kappa shape index (κ1) is 28.5. The monoisotopic (exact) mass is 558 g/mol. The summed E-state index contributed by atoms with van der Waals surface area (Å²) in [5, 5.41) is 6.45. The Morgan fingerprint density at radius 3 is 2.56 bits per heavy atom. The van der Waals surface area contributed by atoms with Crippen molar-refractivity contribution < 1.29 is 40.1 Å². The molecule has 2 atom stereocenters. The van der Waals surface area contributed by atoms with Crippen LogP contribution >= 0.6 is 0 Å². The molecule has 0 bridgehead atoms. The first-order chi connectivity index (χ1) is 18.3. The van der Waals surface area contributed by atoms with Gasteiger partial charge in [0.25, 0.3) is 5.89 Å². The molecule has 1 unspecified atom stereocenters. The Morgan fingerprint density at radius 1 is 1.10 bits per heavy atom. The number of rotatable bonds is 7. The number of anilines is 1. The maximum atomic E-state index is 13.6. The molecule has 13 heteroatoms. The van der Waals surface area contributed by atoms with E-state index in [0.29, 0.717) is 31.5 Å². The molecule has 210 valence electrons. The molecule has 39 heavy (non-hydrogen) atoms. The second kappa shape index (κ2) is 11.3. The van der Waals surface area contributed by atoms with Gasteiger partial charge in [-0.25, -0.2) is 4.39 Å². The smallest absolute Gasteiger partial charge is 0.334 e. The number of amides is 1. The average molecular weight is 558 g/mol. The topological polar surface area (TPSA) is 71.3 Å². The van der Waals surface area contributed by atoms with E-state index in [1.165, 1.54) is 12.1 Å². The molecule has 0 saturated carbocycles. The predicted molar refractivity (Wildman–Crippen MR) is 127 cm³/mol. The summed E-state index contributed by atoms with van der Waals surface area (Å²) in [6, 6.07) is 6.81. The Labute approximate surface area is 219 Å². The Morgan fingerprint density at radius 2 is 1.87 bits per heavy atom. The largest absolute Gasteiger partial charge is 0.419 e. The highest BCUT2D eigenvalue weighted by Crippen LogP contribution is 2.35. The fourth-order valence-corrected chi connectivity index (χ4v) is 4.69. The van der Waals surface area contributed by atoms with Gasteiger partial charge in [-0.2, -0.15) is 31.3 Å². The molecule has 6 nitrogen and oxygen atoms in total. The minimum absolute atomic E-state index is 0.0642. The van der Waals surface area contributed by atoms with Crippen molar-refractivity contribution >= 4 is 11.6 Å². The number of alkyl halides is 6. The number of halogens is 7. The third kappa shape index (κ3) is 6.94. The number of likely N-dealkylation sites (tertiary alicyclic amines) is 1. The first-order valence-electron chi connectivity index (χ1n) is 12.3. The van der Waals surface area contributed by atoms with Crippen LogP contribution in [0, 0.1) is 11.7 Å². The van der Waals surface area contributed by atoms with Gasteiger partial charge in [-0.1, -0.05) is 24.6 Å². The average Bonchev–Trinajstić information content (AvgIpc) is 3.33. The van der Waals surface area contributed by atoms with E-state index in [0.717, 1.165) is 31.0 Å². The first-order valence-corrected chi connectivity index (χ1v) is 12.3. The highest BCUT2D eigenvalue weighted by atomic mass is 19.4. The summed E-state index contributed by atoms with van der Waals surface area (Å²) in [5.74, 6) is -2.16. The maximum absolute atomic E-state index is 13.6. The molecule has 1 saturated heterocycles. The molecule has 1 N–H and O–H groups in total. The summed E-state index contributed by atoms with van der Waals surface area (Å²) in [6.07, 6.45) is -6.99. The molecule has 1 aromatic heterocycles. The molecule has 1 aliphatic rings. The van der Waals surface area contributed by atoms with Crippen LogP contribution in [0.5, 0.6) is 0 Å². The van der Waals surface area contributed by atoms with Gasteiger partial charge in [0.2, 0.25) is 5.91 Å². The molecule has 2 heterocycles. The van der Waals surface area contributed by atoms with Crippen LogP contribution in [0.3, 0.4) is 0 Å². The number of hydrogen-bond donors (Lipinski definition) is 1. The Hall–Kier alpha value is -3.48. The minimum atomic E-state index is -4.88.